The number of likely N-dealkylation sites (tertiary alicyclic amines) is 1. The topological polar surface area (TPSA) is 66.3 Å². The molecule has 1 unspecified atom stereocenters. The van der Waals surface area contributed by atoms with Crippen LogP contribution in [0.3, 0.4) is 0 Å². The summed E-state index contributed by atoms with van der Waals surface area (Å²) in [5.74, 6) is 0.866. The molecular weight excluding hydrogens is 378 g/mol. The lowest BCUT2D eigenvalue weighted by Gasteiger charge is -2.29. The minimum Gasteiger partial charge on any atom is -0.326 e. The first-order valence-electron chi connectivity index (χ1n) is 10.7. The Labute approximate surface area is 175 Å². The molecule has 1 saturated heterocycles. The molecule has 1 aliphatic rings. The van der Waals surface area contributed by atoms with Crippen LogP contribution in [-0.2, 0) is 27.2 Å². The molecule has 0 bridgehead atoms. The third-order valence-electron chi connectivity index (χ3n) is 6.29. The number of hydrogen-bond acceptors (Lipinski definition) is 3. The van der Waals surface area contributed by atoms with Gasteiger partial charge in [0.25, 0.3) is 5.56 Å². The molecule has 1 aliphatic heterocycles. The second kappa shape index (κ2) is 8.44. The van der Waals surface area contributed by atoms with E-state index in [9.17, 15) is 9.59 Å². The summed E-state index contributed by atoms with van der Waals surface area (Å²) in [7, 11) is 3.21. The Hall–Kier alpha value is -2.93. The van der Waals surface area contributed by atoms with E-state index in [0.717, 1.165) is 24.5 Å². The number of aromatic nitrogens is 4. The van der Waals surface area contributed by atoms with Crippen molar-refractivity contribution in [3.05, 3.63) is 68.6 Å². The Morgan fingerprint density at radius 2 is 1.90 bits per heavy atom. The van der Waals surface area contributed by atoms with E-state index >= 15 is 0 Å². The van der Waals surface area contributed by atoms with E-state index in [4.69, 9.17) is 4.98 Å². The molecule has 0 aliphatic carbocycles. The van der Waals surface area contributed by atoms with Crippen LogP contribution >= 0.6 is 0 Å². The van der Waals surface area contributed by atoms with Gasteiger partial charge < -0.3 is 9.47 Å². The number of nitrogens with one attached hydrogen (secondary N) is 1. The van der Waals surface area contributed by atoms with Crippen molar-refractivity contribution in [3.8, 4) is 0 Å². The standard InChI is InChI=1S/C23H29N5O2/c1-17-10-7-8-14-27(17)16-19-24-21-20(22(29)26(3)23(30)25(21)2)28(19)15-9-13-18-11-5-4-6-12-18/h4-6,9,11-13,17H,7-8,10,14-16H2,1-3H3/p+1/b13-9+/t17-/m0/s1. The number of nitrogens with zero attached hydrogens (tertiary/aromatic N) is 4. The summed E-state index contributed by atoms with van der Waals surface area (Å²) in [6.07, 6.45) is 7.81. The summed E-state index contributed by atoms with van der Waals surface area (Å²) in [4.78, 5) is 31.7. The van der Waals surface area contributed by atoms with Crippen molar-refractivity contribution in [2.45, 2.75) is 45.3 Å². The Bertz CT molecular complexity index is 1190. The zero-order chi connectivity index (χ0) is 21.3. The highest BCUT2D eigenvalue weighted by Crippen LogP contribution is 2.13. The molecule has 158 valence electrons. The lowest BCUT2D eigenvalue weighted by Crippen LogP contribution is -3.15. The van der Waals surface area contributed by atoms with Crippen LogP contribution in [0.4, 0.5) is 0 Å². The van der Waals surface area contributed by atoms with E-state index in [1.54, 1.807) is 7.05 Å². The predicted octanol–water partition coefficient (Wildman–Crippen LogP) is 1.10. The van der Waals surface area contributed by atoms with Gasteiger partial charge in [-0.3, -0.25) is 13.9 Å². The zero-order valence-corrected chi connectivity index (χ0v) is 18.0. The Kier molecular flexibility index (Phi) is 5.72. The van der Waals surface area contributed by atoms with E-state index in [-0.39, 0.29) is 11.2 Å². The minimum absolute atomic E-state index is 0.290. The molecule has 2 atom stereocenters. The van der Waals surface area contributed by atoms with E-state index in [0.29, 0.717) is 23.8 Å². The highest BCUT2D eigenvalue weighted by atomic mass is 16.2. The predicted molar refractivity (Wildman–Crippen MR) is 119 cm³/mol. The monoisotopic (exact) mass is 408 g/mol. The lowest BCUT2D eigenvalue weighted by atomic mass is 10.0. The average molecular weight is 409 g/mol. The fraction of sp³-hybridized carbons (Fsp3) is 0.435. The summed E-state index contributed by atoms with van der Waals surface area (Å²) >= 11 is 0. The van der Waals surface area contributed by atoms with Gasteiger partial charge in [0.05, 0.1) is 12.6 Å². The van der Waals surface area contributed by atoms with Crippen molar-refractivity contribution < 1.29 is 4.90 Å². The van der Waals surface area contributed by atoms with Gasteiger partial charge in [0.2, 0.25) is 0 Å². The number of allylic oxidation sites excluding steroid dienone is 1. The van der Waals surface area contributed by atoms with Crippen molar-refractivity contribution in [2.24, 2.45) is 14.1 Å². The number of fused-ring (bicyclic) bond motifs is 1. The van der Waals surface area contributed by atoms with Crippen LogP contribution in [0, 0.1) is 0 Å². The average Bonchev–Trinajstić information content (AvgIpc) is 3.11. The van der Waals surface area contributed by atoms with Gasteiger partial charge in [0.1, 0.15) is 6.54 Å². The lowest BCUT2D eigenvalue weighted by molar-refractivity contribution is -0.942. The molecule has 7 nitrogen and oxygen atoms in total. The van der Waals surface area contributed by atoms with Crippen LogP contribution < -0.4 is 16.1 Å². The number of piperidine rings is 1. The zero-order valence-electron chi connectivity index (χ0n) is 18.0. The molecule has 1 fully saturated rings. The van der Waals surface area contributed by atoms with Gasteiger partial charge in [-0.1, -0.05) is 42.5 Å². The number of rotatable bonds is 5. The molecule has 3 aromatic rings. The van der Waals surface area contributed by atoms with Gasteiger partial charge in [-0.05, 0) is 31.7 Å². The number of hydrogen-bond donors (Lipinski definition) is 1. The van der Waals surface area contributed by atoms with E-state index < -0.39 is 0 Å². The normalized spacial score (nSPS) is 19.7. The first-order chi connectivity index (χ1) is 14.5. The Morgan fingerprint density at radius 1 is 1.13 bits per heavy atom. The van der Waals surface area contributed by atoms with Gasteiger partial charge in [-0.2, -0.15) is 0 Å². The number of aryl methyl sites for hydroxylation is 1. The quantitative estimate of drug-likeness (QED) is 0.688. The van der Waals surface area contributed by atoms with Crippen LogP contribution in [-0.4, -0.2) is 31.3 Å². The molecule has 1 aromatic carbocycles. The van der Waals surface area contributed by atoms with Gasteiger partial charge in [-0.15, -0.1) is 0 Å². The van der Waals surface area contributed by atoms with E-state index in [2.05, 4.69) is 19.1 Å². The molecular formula is C23H30N5O2+. The second-order valence-electron chi connectivity index (χ2n) is 8.31. The maximum atomic E-state index is 13.0. The fourth-order valence-electron chi connectivity index (χ4n) is 4.40. The molecule has 0 saturated carbocycles. The first-order valence-corrected chi connectivity index (χ1v) is 10.7. The second-order valence-corrected chi connectivity index (χ2v) is 8.31. The van der Waals surface area contributed by atoms with Crippen LogP contribution in [0.1, 0.15) is 37.6 Å². The van der Waals surface area contributed by atoms with Crippen molar-refractivity contribution in [2.75, 3.05) is 6.54 Å². The smallest absolute Gasteiger partial charge is 0.326 e. The van der Waals surface area contributed by atoms with Crippen molar-refractivity contribution in [3.63, 3.8) is 0 Å². The maximum Gasteiger partial charge on any atom is 0.332 e. The fourth-order valence-corrected chi connectivity index (χ4v) is 4.40. The third-order valence-corrected chi connectivity index (χ3v) is 6.29. The highest BCUT2D eigenvalue weighted by molar-refractivity contribution is 5.71. The summed E-state index contributed by atoms with van der Waals surface area (Å²) in [5, 5.41) is 0. The van der Waals surface area contributed by atoms with Crippen molar-refractivity contribution in [1.29, 1.82) is 0 Å². The summed E-state index contributed by atoms with van der Waals surface area (Å²) < 4.78 is 4.64. The van der Waals surface area contributed by atoms with Gasteiger partial charge in [0.15, 0.2) is 17.0 Å². The Morgan fingerprint density at radius 3 is 2.63 bits per heavy atom. The molecule has 0 radical (unpaired) electrons. The first kappa shape index (κ1) is 20.3. The molecule has 2 aromatic heterocycles. The summed E-state index contributed by atoms with van der Waals surface area (Å²) in [6, 6.07) is 10.7. The summed E-state index contributed by atoms with van der Waals surface area (Å²) in [6.45, 7) is 4.69. The van der Waals surface area contributed by atoms with Crippen molar-refractivity contribution >= 4 is 17.2 Å². The van der Waals surface area contributed by atoms with Gasteiger partial charge >= 0.3 is 5.69 Å². The molecule has 0 amide bonds. The molecule has 30 heavy (non-hydrogen) atoms. The number of quaternary nitrogens is 1. The van der Waals surface area contributed by atoms with Crippen LogP contribution in [0.25, 0.3) is 17.2 Å². The molecule has 1 N–H and O–H groups in total. The van der Waals surface area contributed by atoms with Crippen LogP contribution in [0.15, 0.2) is 46.0 Å². The molecule has 3 heterocycles. The van der Waals surface area contributed by atoms with E-state index in [1.807, 2.05) is 34.9 Å². The molecule has 7 heteroatoms. The highest BCUT2D eigenvalue weighted by Gasteiger charge is 2.26. The summed E-state index contributed by atoms with van der Waals surface area (Å²) in [5.41, 5.74) is 1.44. The minimum atomic E-state index is -0.345. The third kappa shape index (κ3) is 3.77. The molecule has 0 spiro atoms. The Balaban J connectivity index is 1.78. The van der Waals surface area contributed by atoms with Crippen LogP contribution in [0.5, 0.6) is 0 Å². The SMILES string of the molecule is C[C@H]1CCCC[NH+]1Cc1nc2c(c(=O)n(C)c(=O)n2C)n1C/C=C/c1ccccc1. The van der Waals surface area contributed by atoms with E-state index in [1.165, 1.54) is 40.3 Å². The number of imidazole rings is 1. The van der Waals surface area contributed by atoms with Gasteiger partial charge in [-0.25, -0.2) is 9.78 Å². The van der Waals surface area contributed by atoms with Crippen molar-refractivity contribution in [1.82, 2.24) is 18.7 Å². The molecule has 4 rings (SSSR count). The van der Waals surface area contributed by atoms with Crippen LogP contribution in [0.2, 0.25) is 0 Å². The number of benzene rings is 1. The maximum absolute atomic E-state index is 13.0. The van der Waals surface area contributed by atoms with Gasteiger partial charge in [0, 0.05) is 20.6 Å². The largest absolute Gasteiger partial charge is 0.332 e.